The quantitative estimate of drug-likeness (QED) is 0.578. The highest BCUT2D eigenvalue weighted by atomic mass is 16.3. The predicted octanol–water partition coefficient (Wildman–Crippen LogP) is 2.19. The summed E-state index contributed by atoms with van der Waals surface area (Å²) < 4.78 is 0. The number of benzene rings is 1. The zero-order valence-electron chi connectivity index (χ0n) is 6.31. The highest BCUT2D eigenvalue weighted by molar-refractivity contribution is 5.41. The van der Waals surface area contributed by atoms with Crippen molar-refractivity contribution in [1.29, 1.82) is 0 Å². The molecule has 0 heterocycles. The predicted molar refractivity (Wildman–Crippen MR) is 42.0 cm³/mol. The van der Waals surface area contributed by atoms with Gasteiger partial charge >= 0.3 is 0 Å². The summed E-state index contributed by atoms with van der Waals surface area (Å²) in [4.78, 5) is 0. The van der Waals surface area contributed by atoms with Gasteiger partial charge in [-0.25, -0.2) is 0 Å². The average molecular weight is 135 g/mol. The van der Waals surface area contributed by atoms with Crippen molar-refractivity contribution in [1.82, 2.24) is 0 Å². The minimum absolute atomic E-state index is 0.322. The standard InChI is InChI=1S/C9H11O/c1-6-4-9(10)5-7(2)8(6)3/h4-5,10H,3H2,1-2H3. The molecule has 1 heteroatoms. The van der Waals surface area contributed by atoms with Gasteiger partial charge in [-0.1, -0.05) is 0 Å². The van der Waals surface area contributed by atoms with Gasteiger partial charge < -0.3 is 5.11 Å². The van der Waals surface area contributed by atoms with E-state index in [-0.39, 0.29) is 0 Å². The molecular weight excluding hydrogens is 124 g/mol. The normalized spacial score (nSPS) is 9.90. The van der Waals surface area contributed by atoms with Crippen molar-refractivity contribution in [2.24, 2.45) is 0 Å². The van der Waals surface area contributed by atoms with E-state index < -0.39 is 0 Å². The number of phenolic OH excluding ortho intramolecular Hbond substituents is 1. The molecule has 0 spiro atoms. The van der Waals surface area contributed by atoms with Crippen LogP contribution in [0, 0.1) is 20.8 Å². The summed E-state index contributed by atoms with van der Waals surface area (Å²) in [7, 11) is 0. The van der Waals surface area contributed by atoms with Crippen LogP contribution < -0.4 is 0 Å². The Labute approximate surface area is 61.3 Å². The van der Waals surface area contributed by atoms with Crippen molar-refractivity contribution < 1.29 is 5.11 Å². The highest BCUT2D eigenvalue weighted by Gasteiger charge is 1.97. The molecule has 0 aromatic heterocycles. The van der Waals surface area contributed by atoms with Crippen molar-refractivity contribution >= 4 is 0 Å². The number of hydrogen-bond acceptors (Lipinski definition) is 1. The van der Waals surface area contributed by atoms with E-state index in [4.69, 9.17) is 5.11 Å². The fourth-order valence-electron chi connectivity index (χ4n) is 0.971. The van der Waals surface area contributed by atoms with Crippen molar-refractivity contribution in [3.63, 3.8) is 0 Å². The third kappa shape index (κ3) is 1.13. The minimum Gasteiger partial charge on any atom is -0.508 e. The average Bonchev–Trinajstić information content (AvgIpc) is 1.82. The number of aryl methyl sites for hydroxylation is 2. The Bertz CT molecular complexity index is 228. The number of phenols is 1. The van der Waals surface area contributed by atoms with Crippen LogP contribution in [0.3, 0.4) is 0 Å². The zero-order valence-corrected chi connectivity index (χ0v) is 6.31. The summed E-state index contributed by atoms with van der Waals surface area (Å²) in [5.41, 5.74) is 3.09. The second kappa shape index (κ2) is 2.33. The summed E-state index contributed by atoms with van der Waals surface area (Å²) >= 11 is 0. The van der Waals surface area contributed by atoms with Gasteiger partial charge in [-0.2, -0.15) is 0 Å². The molecule has 0 aliphatic carbocycles. The maximum Gasteiger partial charge on any atom is 0.116 e. The SMILES string of the molecule is [CH2]c1c(C)cc(O)cc1C. The minimum atomic E-state index is 0.322. The van der Waals surface area contributed by atoms with E-state index in [1.54, 1.807) is 12.1 Å². The molecule has 0 atom stereocenters. The first-order chi connectivity index (χ1) is 4.61. The van der Waals surface area contributed by atoms with Gasteiger partial charge in [-0.05, 0) is 49.6 Å². The molecule has 0 aliphatic heterocycles. The van der Waals surface area contributed by atoms with E-state index >= 15 is 0 Å². The fraction of sp³-hybridized carbons (Fsp3) is 0.222. The zero-order chi connectivity index (χ0) is 7.72. The summed E-state index contributed by atoms with van der Waals surface area (Å²) in [5.74, 6) is 0.322. The lowest BCUT2D eigenvalue weighted by Gasteiger charge is -2.03. The molecule has 0 saturated heterocycles. The van der Waals surface area contributed by atoms with E-state index in [0.29, 0.717) is 5.75 Å². The summed E-state index contributed by atoms with van der Waals surface area (Å²) in [6.45, 7) is 7.73. The molecule has 1 rings (SSSR count). The van der Waals surface area contributed by atoms with E-state index in [1.807, 2.05) is 13.8 Å². The molecule has 0 unspecified atom stereocenters. The second-order valence-electron chi connectivity index (χ2n) is 2.56. The fourth-order valence-corrected chi connectivity index (χ4v) is 0.971. The molecule has 0 bridgehead atoms. The Balaban J connectivity index is 3.31. The molecule has 0 aliphatic rings. The van der Waals surface area contributed by atoms with Crippen molar-refractivity contribution in [3.8, 4) is 5.75 Å². The Morgan fingerprint density at radius 3 is 2.00 bits per heavy atom. The largest absolute Gasteiger partial charge is 0.508 e. The van der Waals surface area contributed by atoms with Gasteiger partial charge in [0.15, 0.2) is 0 Å². The Hall–Kier alpha value is -0.980. The van der Waals surface area contributed by atoms with Gasteiger partial charge in [-0.15, -0.1) is 0 Å². The number of rotatable bonds is 0. The maximum atomic E-state index is 9.09. The molecule has 0 fully saturated rings. The third-order valence-corrected chi connectivity index (χ3v) is 1.68. The van der Waals surface area contributed by atoms with Crippen LogP contribution in [0.15, 0.2) is 12.1 Å². The van der Waals surface area contributed by atoms with Crippen molar-refractivity contribution in [2.75, 3.05) is 0 Å². The van der Waals surface area contributed by atoms with Crippen LogP contribution in [-0.2, 0) is 0 Å². The van der Waals surface area contributed by atoms with Crippen LogP contribution in [0.1, 0.15) is 16.7 Å². The van der Waals surface area contributed by atoms with Gasteiger partial charge in [0, 0.05) is 0 Å². The number of aromatic hydroxyl groups is 1. The molecule has 1 N–H and O–H groups in total. The van der Waals surface area contributed by atoms with Crippen molar-refractivity contribution in [2.45, 2.75) is 13.8 Å². The summed E-state index contributed by atoms with van der Waals surface area (Å²) in [5, 5.41) is 9.09. The van der Waals surface area contributed by atoms with Crippen LogP contribution in [0.5, 0.6) is 5.75 Å². The molecular formula is C9H11O. The van der Waals surface area contributed by atoms with Gasteiger partial charge in [0.1, 0.15) is 5.75 Å². The highest BCUT2D eigenvalue weighted by Crippen LogP contribution is 2.18. The first-order valence-corrected chi connectivity index (χ1v) is 3.23. The molecule has 0 amide bonds. The third-order valence-electron chi connectivity index (χ3n) is 1.68. The number of hydrogen-bond donors (Lipinski definition) is 1. The molecule has 0 saturated carbocycles. The Kier molecular flexibility index (Phi) is 1.66. The lowest BCUT2D eigenvalue weighted by molar-refractivity contribution is 0.474. The van der Waals surface area contributed by atoms with E-state index in [0.717, 1.165) is 16.7 Å². The summed E-state index contributed by atoms with van der Waals surface area (Å²) in [6, 6.07) is 3.44. The van der Waals surface area contributed by atoms with Crippen LogP contribution in [-0.4, -0.2) is 5.11 Å². The Morgan fingerprint density at radius 1 is 1.20 bits per heavy atom. The lowest BCUT2D eigenvalue weighted by Crippen LogP contribution is -1.84. The molecule has 10 heavy (non-hydrogen) atoms. The lowest BCUT2D eigenvalue weighted by atomic mass is 10.0. The first-order valence-electron chi connectivity index (χ1n) is 3.23. The monoisotopic (exact) mass is 135 g/mol. The first kappa shape index (κ1) is 7.13. The molecule has 1 nitrogen and oxygen atoms in total. The maximum absolute atomic E-state index is 9.09. The van der Waals surface area contributed by atoms with E-state index in [2.05, 4.69) is 6.92 Å². The van der Waals surface area contributed by atoms with E-state index in [1.165, 1.54) is 0 Å². The van der Waals surface area contributed by atoms with Gasteiger partial charge in [0.2, 0.25) is 0 Å². The molecule has 1 aromatic carbocycles. The van der Waals surface area contributed by atoms with Crippen LogP contribution in [0.25, 0.3) is 0 Å². The topological polar surface area (TPSA) is 20.2 Å². The van der Waals surface area contributed by atoms with Crippen LogP contribution >= 0.6 is 0 Å². The van der Waals surface area contributed by atoms with Crippen LogP contribution in [0.4, 0.5) is 0 Å². The van der Waals surface area contributed by atoms with Crippen molar-refractivity contribution in [3.05, 3.63) is 35.7 Å². The Morgan fingerprint density at radius 2 is 1.60 bits per heavy atom. The van der Waals surface area contributed by atoms with Crippen LogP contribution in [0.2, 0.25) is 0 Å². The second-order valence-corrected chi connectivity index (χ2v) is 2.56. The molecule has 53 valence electrons. The molecule has 1 radical (unpaired) electrons. The van der Waals surface area contributed by atoms with Gasteiger partial charge in [0.05, 0.1) is 0 Å². The van der Waals surface area contributed by atoms with Gasteiger partial charge in [0.25, 0.3) is 0 Å². The van der Waals surface area contributed by atoms with E-state index in [9.17, 15) is 0 Å². The smallest absolute Gasteiger partial charge is 0.116 e. The summed E-state index contributed by atoms with van der Waals surface area (Å²) in [6.07, 6.45) is 0. The molecule has 1 aromatic rings. The van der Waals surface area contributed by atoms with Gasteiger partial charge in [-0.3, -0.25) is 0 Å².